The summed E-state index contributed by atoms with van der Waals surface area (Å²) in [6.07, 6.45) is -7.12. The molecule has 344 valence electrons. The largest absolute Gasteiger partial charge is 0.456 e. The molecule has 63 heavy (non-hydrogen) atoms. The maximum Gasteiger partial charge on any atom is 0.338 e. The van der Waals surface area contributed by atoms with Crippen LogP contribution in [0.3, 0.4) is 0 Å². The molecule has 3 aliphatic carbocycles. The summed E-state index contributed by atoms with van der Waals surface area (Å²) in [5.41, 5.74) is -5.13. The molecule has 1 unspecified atom stereocenters. The first-order valence-electron chi connectivity index (χ1n) is 22.0. The number of allylic oxidation sites excluding steroid dienone is 1. The Bertz CT molecular complexity index is 2130. The molecule has 2 aromatic rings. The molecule has 1 heterocycles. The van der Waals surface area contributed by atoms with Gasteiger partial charge in [-0.1, -0.05) is 94.8 Å². The lowest BCUT2D eigenvalue weighted by molar-refractivity contribution is -0.346. The van der Waals surface area contributed by atoms with E-state index in [1.54, 1.807) is 51.1 Å². The average molecular weight is 890 g/mol. The number of ketones is 1. The van der Waals surface area contributed by atoms with Crippen LogP contribution in [0.2, 0.25) is 18.1 Å². The van der Waals surface area contributed by atoms with Crippen molar-refractivity contribution in [3.8, 4) is 0 Å². The van der Waals surface area contributed by atoms with Gasteiger partial charge in [0.05, 0.1) is 35.6 Å². The molecule has 2 bridgehead atoms. The summed E-state index contributed by atoms with van der Waals surface area (Å²) < 4.78 is 32.1. The van der Waals surface area contributed by atoms with Crippen LogP contribution < -0.4 is 5.32 Å². The SMILES string of the molecule is C/C=C(\C)CN[C@@H](c1ccccc1)[C@@H](O[Si](C)(C)C(C)(C)C)C(=O)O[C@H]1C[C@@]2(O)[C@@H](OC(=O)c3ccccc3)C3[C@](C)(C(=O)[C@H](O)C(=C1C)C2(C)C)[C@@H](O)C[C@H]1OC[C@@]31OC(C)=O. The van der Waals surface area contributed by atoms with Crippen molar-refractivity contribution in [2.24, 2.45) is 16.7 Å². The maximum absolute atomic E-state index is 15.2. The summed E-state index contributed by atoms with van der Waals surface area (Å²) in [6.45, 7) is 22.0. The molecule has 1 saturated heterocycles. The van der Waals surface area contributed by atoms with Gasteiger partial charge in [0.1, 0.15) is 30.0 Å². The van der Waals surface area contributed by atoms with Gasteiger partial charge in [-0.05, 0) is 74.7 Å². The van der Waals surface area contributed by atoms with Gasteiger partial charge >= 0.3 is 17.9 Å². The van der Waals surface area contributed by atoms with E-state index >= 15 is 9.59 Å². The van der Waals surface area contributed by atoms with E-state index in [2.05, 4.69) is 26.1 Å². The zero-order chi connectivity index (χ0) is 46.7. The number of Topliss-reactive ketones (excluding diaryl/α,β-unsaturated/α-hetero) is 1. The Balaban J connectivity index is 1.55. The van der Waals surface area contributed by atoms with Crippen molar-refractivity contribution in [3.05, 3.63) is 94.6 Å². The molecule has 6 rings (SSSR count). The van der Waals surface area contributed by atoms with Gasteiger partial charge in [-0.2, -0.15) is 0 Å². The second-order valence-corrected chi connectivity index (χ2v) is 25.1. The van der Waals surface area contributed by atoms with Gasteiger partial charge in [-0.15, -0.1) is 0 Å². The highest BCUT2D eigenvalue weighted by Gasteiger charge is 2.78. The Hall–Kier alpha value is -4.02. The van der Waals surface area contributed by atoms with Crippen LogP contribution in [-0.2, 0) is 37.8 Å². The summed E-state index contributed by atoms with van der Waals surface area (Å²) in [7, 11) is -2.73. The van der Waals surface area contributed by atoms with E-state index in [9.17, 15) is 24.9 Å². The maximum atomic E-state index is 15.2. The lowest BCUT2D eigenvalue weighted by atomic mass is 9.44. The second kappa shape index (κ2) is 17.4. The third-order valence-electron chi connectivity index (χ3n) is 15.2. The van der Waals surface area contributed by atoms with Gasteiger partial charge in [-0.3, -0.25) is 9.59 Å². The Morgan fingerprint density at radius 3 is 2.13 bits per heavy atom. The van der Waals surface area contributed by atoms with Crippen LogP contribution in [0.15, 0.2) is 83.5 Å². The molecular weight excluding hydrogens is 823 g/mol. The Kier molecular flexibility index (Phi) is 13.4. The number of carbonyl (C=O) groups excluding carboxylic acids is 4. The van der Waals surface area contributed by atoms with Crippen LogP contribution in [0.25, 0.3) is 0 Å². The third kappa shape index (κ3) is 8.30. The van der Waals surface area contributed by atoms with Gasteiger partial charge in [0.15, 0.2) is 25.8 Å². The molecule has 0 aromatic heterocycles. The number of carbonyl (C=O) groups is 4. The minimum absolute atomic E-state index is 0.0588. The van der Waals surface area contributed by atoms with Crippen molar-refractivity contribution in [2.75, 3.05) is 13.2 Å². The quantitative estimate of drug-likeness (QED) is 0.0804. The number of aliphatic hydroxyl groups is 3. The first kappa shape index (κ1) is 48.4. The van der Waals surface area contributed by atoms with Crippen molar-refractivity contribution in [2.45, 2.75) is 154 Å². The summed E-state index contributed by atoms with van der Waals surface area (Å²) in [5.74, 6) is -4.61. The summed E-state index contributed by atoms with van der Waals surface area (Å²) in [4.78, 5) is 57.8. The van der Waals surface area contributed by atoms with Gasteiger partial charge < -0.3 is 44.0 Å². The molecular formula is C49H67NO12Si. The smallest absolute Gasteiger partial charge is 0.338 e. The molecule has 4 N–H and O–H groups in total. The van der Waals surface area contributed by atoms with Crippen molar-refractivity contribution in [1.82, 2.24) is 5.32 Å². The monoisotopic (exact) mass is 889 g/mol. The molecule has 2 saturated carbocycles. The van der Waals surface area contributed by atoms with Gasteiger partial charge in [0, 0.05) is 31.7 Å². The molecule has 3 fully saturated rings. The Labute approximate surface area is 372 Å². The number of benzene rings is 2. The fourth-order valence-electron chi connectivity index (χ4n) is 10.2. The minimum Gasteiger partial charge on any atom is -0.456 e. The zero-order valence-electron chi connectivity index (χ0n) is 38.8. The fourth-order valence-corrected chi connectivity index (χ4v) is 11.4. The molecule has 1 aliphatic heterocycles. The van der Waals surface area contributed by atoms with Crippen LogP contribution >= 0.6 is 0 Å². The standard InChI is InChI=1S/C49H67NO12Si/c1-13-28(2)26-50-37(31-20-16-14-17-21-31)39(62-63(11,12)45(5,6)7)44(56)59-33-25-49(57)42(60-43(55)32-22-18-15-19-23-32)40-47(10,41(54)38(53)36(29(33)3)46(49,8)9)34(52)24-35-48(40,27-58-35)61-30(4)51/h13-23,33-35,37-40,42,50,52-53,57H,24-27H2,1-12H3/b28-13+/t33-,34-,35+,37-,38+,39+,40?,42-,47+,48-,49+/m0/s1. The van der Waals surface area contributed by atoms with E-state index in [1.807, 2.05) is 63.3 Å². The predicted molar refractivity (Wildman–Crippen MR) is 238 cm³/mol. The van der Waals surface area contributed by atoms with E-state index in [4.69, 9.17) is 23.4 Å². The highest BCUT2D eigenvalue weighted by molar-refractivity contribution is 6.74. The topological polar surface area (TPSA) is 187 Å². The summed E-state index contributed by atoms with van der Waals surface area (Å²) in [5, 5.41) is 41.4. The number of hydrogen-bond donors (Lipinski definition) is 4. The zero-order valence-corrected chi connectivity index (χ0v) is 39.8. The number of ether oxygens (including phenoxy) is 4. The van der Waals surface area contributed by atoms with E-state index in [0.29, 0.717) is 12.1 Å². The molecule has 0 amide bonds. The second-order valence-electron chi connectivity index (χ2n) is 20.3. The van der Waals surface area contributed by atoms with E-state index in [1.165, 1.54) is 13.8 Å². The lowest BCUT2D eigenvalue weighted by Gasteiger charge is -2.67. The Morgan fingerprint density at radius 2 is 1.59 bits per heavy atom. The normalized spacial score (nSPS) is 32.7. The first-order valence-corrected chi connectivity index (χ1v) is 24.9. The molecule has 0 spiro atoms. The Morgan fingerprint density at radius 1 is 0.984 bits per heavy atom. The average Bonchev–Trinajstić information content (AvgIpc) is 3.21. The molecule has 13 nitrogen and oxygen atoms in total. The lowest BCUT2D eigenvalue weighted by Crippen LogP contribution is -2.81. The van der Waals surface area contributed by atoms with E-state index in [-0.39, 0.29) is 35.6 Å². The third-order valence-corrected chi connectivity index (χ3v) is 19.6. The number of esters is 3. The predicted octanol–water partition coefficient (Wildman–Crippen LogP) is 6.32. The van der Waals surface area contributed by atoms with Crippen LogP contribution in [-0.4, -0.2) is 108 Å². The molecule has 14 heteroatoms. The molecule has 4 aliphatic rings. The minimum atomic E-state index is -2.73. The number of hydrogen-bond acceptors (Lipinski definition) is 13. The van der Waals surface area contributed by atoms with Crippen molar-refractivity contribution >= 4 is 32.0 Å². The van der Waals surface area contributed by atoms with E-state index < -0.39 is 103 Å². The van der Waals surface area contributed by atoms with Gasteiger partial charge in [0.25, 0.3) is 0 Å². The molecule has 2 aromatic carbocycles. The fraction of sp³-hybridized carbons (Fsp3) is 0.592. The van der Waals surface area contributed by atoms with E-state index in [0.717, 1.165) is 11.1 Å². The highest BCUT2D eigenvalue weighted by atomic mass is 28.4. The molecule has 0 radical (unpaired) electrons. The van der Waals surface area contributed by atoms with Crippen molar-refractivity contribution < 1.29 is 57.9 Å². The number of rotatable bonds is 12. The van der Waals surface area contributed by atoms with Crippen LogP contribution in [0.5, 0.6) is 0 Å². The van der Waals surface area contributed by atoms with Crippen LogP contribution in [0.1, 0.15) is 104 Å². The highest BCUT2D eigenvalue weighted by Crippen LogP contribution is 2.64. The number of nitrogens with one attached hydrogen (secondary N) is 1. The van der Waals surface area contributed by atoms with Crippen LogP contribution in [0, 0.1) is 16.7 Å². The van der Waals surface area contributed by atoms with Crippen LogP contribution in [0.4, 0.5) is 0 Å². The number of aliphatic hydroxyl groups excluding tert-OH is 2. The van der Waals surface area contributed by atoms with Crippen molar-refractivity contribution in [1.29, 1.82) is 0 Å². The first-order chi connectivity index (χ1) is 29.3. The number of fused-ring (bicyclic) bond motifs is 5. The summed E-state index contributed by atoms with van der Waals surface area (Å²) >= 11 is 0. The summed E-state index contributed by atoms with van der Waals surface area (Å²) in [6, 6.07) is 16.9. The van der Waals surface area contributed by atoms with Crippen molar-refractivity contribution in [3.63, 3.8) is 0 Å². The molecule has 11 atom stereocenters. The van der Waals surface area contributed by atoms with Gasteiger partial charge in [-0.25, -0.2) is 9.59 Å². The van der Waals surface area contributed by atoms with Gasteiger partial charge in [0.2, 0.25) is 0 Å².